The van der Waals surface area contributed by atoms with E-state index < -0.39 is 0 Å². The number of hydrogen-bond donors (Lipinski definition) is 0. The average Bonchev–Trinajstić information content (AvgIpc) is 4.02. The van der Waals surface area contributed by atoms with E-state index in [-0.39, 0.29) is 5.41 Å². The number of furan rings is 1. The molecule has 1 aliphatic carbocycles. The zero-order chi connectivity index (χ0) is 45.1. The minimum Gasteiger partial charge on any atom is -0.455 e. The Balaban J connectivity index is 1.05. The molecule has 13 aromatic rings. The van der Waals surface area contributed by atoms with Crippen LogP contribution in [-0.2, 0) is 5.41 Å². The van der Waals surface area contributed by atoms with Gasteiger partial charge in [-0.25, -0.2) is 0 Å². The van der Waals surface area contributed by atoms with Crippen molar-refractivity contribution in [1.82, 2.24) is 4.57 Å². The molecule has 0 bridgehead atoms. The fourth-order valence-corrected chi connectivity index (χ4v) is 11.6. The van der Waals surface area contributed by atoms with Crippen LogP contribution in [0, 0.1) is 0 Å². The zero-order valence-corrected chi connectivity index (χ0v) is 37.7. The molecule has 0 amide bonds. The second-order valence-corrected chi connectivity index (χ2v) is 18.8. The van der Waals surface area contributed by atoms with E-state index in [1.165, 1.54) is 71.2 Å². The number of nitrogens with zero attached hydrogens (tertiary/aromatic N) is 2. The molecular weight excluding hydrogens is 825 g/mol. The van der Waals surface area contributed by atoms with E-state index in [4.69, 9.17) is 4.42 Å². The van der Waals surface area contributed by atoms with Crippen LogP contribution in [-0.4, -0.2) is 4.57 Å². The van der Waals surface area contributed by atoms with Crippen molar-refractivity contribution in [1.29, 1.82) is 0 Å². The Hall–Kier alpha value is -8.66. The summed E-state index contributed by atoms with van der Waals surface area (Å²) in [5.74, 6) is 0. The lowest BCUT2D eigenvalue weighted by atomic mass is 9.81. The number of anilines is 3. The van der Waals surface area contributed by atoms with Crippen LogP contribution in [0.5, 0.6) is 0 Å². The van der Waals surface area contributed by atoms with Gasteiger partial charge in [-0.2, -0.15) is 0 Å². The minimum atomic E-state index is -0.143. The van der Waals surface area contributed by atoms with Crippen LogP contribution in [0.4, 0.5) is 17.1 Å². The fourth-order valence-electron chi connectivity index (χ4n) is 11.6. The molecular formula is C65H44N2O. The van der Waals surface area contributed by atoms with Gasteiger partial charge in [-0.3, -0.25) is 0 Å². The van der Waals surface area contributed by atoms with Crippen LogP contribution in [0.25, 0.3) is 104 Å². The van der Waals surface area contributed by atoms with E-state index in [1.54, 1.807) is 0 Å². The summed E-state index contributed by atoms with van der Waals surface area (Å²) in [6.45, 7) is 4.73. The Morgan fingerprint density at radius 2 is 0.971 bits per heavy atom. The topological polar surface area (TPSA) is 21.3 Å². The number of benzene rings is 11. The lowest BCUT2D eigenvalue weighted by Crippen LogP contribution is -2.15. The molecule has 0 fully saturated rings. The predicted molar refractivity (Wildman–Crippen MR) is 286 cm³/mol. The molecule has 3 heteroatoms. The summed E-state index contributed by atoms with van der Waals surface area (Å²) in [6.07, 6.45) is 0. The van der Waals surface area contributed by atoms with Crippen molar-refractivity contribution in [2.24, 2.45) is 0 Å². The van der Waals surface area contributed by atoms with Gasteiger partial charge in [0.1, 0.15) is 11.2 Å². The molecule has 320 valence electrons. The highest BCUT2D eigenvalue weighted by atomic mass is 16.3. The van der Waals surface area contributed by atoms with Gasteiger partial charge in [0.25, 0.3) is 0 Å². The van der Waals surface area contributed by atoms with Crippen molar-refractivity contribution < 1.29 is 4.42 Å². The van der Waals surface area contributed by atoms with E-state index in [2.05, 4.69) is 254 Å². The summed E-state index contributed by atoms with van der Waals surface area (Å²) in [7, 11) is 0. The Morgan fingerprint density at radius 1 is 0.382 bits per heavy atom. The molecule has 0 N–H and O–H groups in total. The first-order valence-electron chi connectivity index (χ1n) is 23.6. The maximum atomic E-state index is 7.06. The monoisotopic (exact) mass is 868 g/mol. The van der Waals surface area contributed by atoms with Gasteiger partial charge in [0.15, 0.2) is 0 Å². The van der Waals surface area contributed by atoms with Crippen LogP contribution in [0.1, 0.15) is 25.0 Å². The van der Waals surface area contributed by atoms with Gasteiger partial charge in [0, 0.05) is 49.2 Å². The quantitative estimate of drug-likeness (QED) is 0.155. The normalized spacial score (nSPS) is 13.0. The maximum absolute atomic E-state index is 7.06. The lowest BCUT2D eigenvalue weighted by Gasteiger charge is -2.31. The molecule has 0 aliphatic heterocycles. The molecule has 1 aliphatic rings. The van der Waals surface area contributed by atoms with Gasteiger partial charge in [-0.1, -0.05) is 184 Å². The van der Waals surface area contributed by atoms with Crippen LogP contribution in [0.3, 0.4) is 0 Å². The van der Waals surface area contributed by atoms with Gasteiger partial charge in [0.05, 0.1) is 28.1 Å². The minimum absolute atomic E-state index is 0.143. The number of fused-ring (bicyclic) bond motifs is 12. The number of para-hydroxylation sites is 4. The molecule has 68 heavy (non-hydrogen) atoms. The Labute approximate surface area is 394 Å². The van der Waals surface area contributed by atoms with E-state index in [0.717, 1.165) is 61.4 Å². The third kappa shape index (κ3) is 5.60. The SMILES string of the molecule is CC1(C)c2ccccc2-c2ccc(-c3ccccc3N(c3ccc4c(oc5ccccc54)c3-c3ccc(-n4c5ccccc5c5ccccc54)cc3)c3cc4ccccc4c4ccccc34)cc21. The maximum Gasteiger partial charge on any atom is 0.145 e. The summed E-state index contributed by atoms with van der Waals surface area (Å²) in [6, 6.07) is 84.5. The van der Waals surface area contributed by atoms with E-state index in [1.807, 2.05) is 0 Å². The smallest absolute Gasteiger partial charge is 0.145 e. The summed E-state index contributed by atoms with van der Waals surface area (Å²) in [5, 5.41) is 9.47. The first kappa shape index (κ1) is 38.6. The molecule has 0 unspecified atom stereocenters. The van der Waals surface area contributed by atoms with Crippen molar-refractivity contribution in [3.05, 3.63) is 242 Å². The Bertz CT molecular complexity index is 4130. The number of aromatic nitrogens is 1. The Morgan fingerprint density at radius 3 is 1.75 bits per heavy atom. The van der Waals surface area contributed by atoms with Gasteiger partial charge >= 0.3 is 0 Å². The van der Waals surface area contributed by atoms with E-state index in [0.29, 0.717) is 0 Å². The average molecular weight is 869 g/mol. The zero-order valence-electron chi connectivity index (χ0n) is 37.7. The number of rotatable bonds is 6. The molecule has 0 atom stereocenters. The second kappa shape index (κ2) is 14.7. The predicted octanol–water partition coefficient (Wildman–Crippen LogP) is 18.1. The van der Waals surface area contributed by atoms with Crippen molar-refractivity contribution >= 4 is 82.4 Å². The molecule has 14 rings (SSSR count). The van der Waals surface area contributed by atoms with Gasteiger partial charge in [0.2, 0.25) is 0 Å². The molecule has 0 spiro atoms. The fraction of sp³-hybridized carbons (Fsp3) is 0.0462. The summed E-state index contributed by atoms with van der Waals surface area (Å²) < 4.78 is 9.45. The molecule has 0 radical (unpaired) electrons. The molecule has 2 aromatic heterocycles. The highest BCUT2D eigenvalue weighted by molar-refractivity contribution is 6.18. The molecule has 2 heterocycles. The van der Waals surface area contributed by atoms with Crippen LogP contribution in [0.15, 0.2) is 235 Å². The van der Waals surface area contributed by atoms with Crippen LogP contribution < -0.4 is 4.90 Å². The van der Waals surface area contributed by atoms with Crippen molar-refractivity contribution in [3.8, 4) is 39.1 Å². The standard InChI is InChI=1S/C65H44N2O/c1-65(2)55-26-12-7-21-48(55)49-36-33-43(39-56(49)65)46-19-8-13-27-57(46)67(61-40-42-17-3-4-18-45(42)47-20-5-6-22-50(47)61)60-38-37-54-53-25-11-16-30-62(53)68-64(54)63(60)41-31-34-44(35-32-41)66-58-28-14-9-23-51(58)52-24-10-15-29-59(52)66/h3-40H,1-2H3. The molecule has 0 saturated carbocycles. The van der Waals surface area contributed by atoms with Gasteiger partial charge in [-0.15, -0.1) is 0 Å². The summed E-state index contributed by atoms with van der Waals surface area (Å²) in [4.78, 5) is 2.51. The first-order valence-corrected chi connectivity index (χ1v) is 23.6. The molecule has 11 aromatic carbocycles. The largest absolute Gasteiger partial charge is 0.455 e. The highest BCUT2D eigenvalue weighted by Gasteiger charge is 2.36. The first-order chi connectivity index (χ1) is 33.5. The third-order valence-corrected chi connectivity index (χ3v) is 14.8. The summed E-state index contributed by atoms with van der Waals surface area (Å²) in [5.41, 5.74) is 18.1. The molecule has 3 nitrogen and oxygen atoms in total. The second-order valence-electron chi connectivity index (χ2n) is 18.8. The number of hydrogen-bond acceptors (Lipinski definition) is 2. The Kier molecular flexibility index (Phi) is 8.33. The third-order valence-electron chi connectivity index (χ3n) is 14.8. The molecule has 0 saturated heterocycles. The van der Waals surface area contributed by atoms with Crippen molar-refractivity contribution in [3.63, 3.8) is 0 Å². The van der Waals surface area contributed by atoms with Gasteiger partial charge < -0.3 is 13.9 Å². The van der Waals surface area contributed by atoms with Crippen LogP contribution >= 0.6 is 0 Å². The summed E-state index contributed by atoms with van der Waals surface area (Å²) >= 11 is 0. The van der Waals surface area contributed by atoms with Gasteiger partial charge in [-0.05, 0) is 110 Å². The highest BCUT2D eigenvalue weighted by Crippen LogP contribution is 2.53. The van der Waals surface area contributed by atoms with E-state index in [9.17, 15) is 0 Å². The lowest BCUT2D eigenvalue weighted by molar-refractivity contribution is 0.660. The van der Waals surface area contributed by atoms with Crippen molar-refractivity contribution in [2.75, 3.05) is 4.90 Å². The van der Waals surface area contributed by atoms with Crippen molar-refractivity contribution in [2.45, 2.75) is 19.3 Å². The van der Waals surface area contributed by atoms with Crippen LogP contribution in [0.2, 0.25) is 0 Å². The van der Waals surface area contributed by atoms with E-state index >= 15 is 0 Å².